The number of carbonyl (C=O) groups excluding carboxylic acids is 1. The Morgan fingerprint density at radius 1 is 1.04 bits per heavy atom. The Bertz CT molecular complexity index is 679. The number of benzene rings is 2. The molecular weight excluding hydrogens is 286 g/mol. The largest absolute Gasteiger partial charge is 0.481 e. The van der Waals surface area contributed by atoms with Gasteiger partial charge in [-0.25, -0.2) is 0 Å². The monoisotopic (exact) mass is 307 g/mol. The molecule has 0 saturated carbocycles. The van der Waals surface area contributed by atoms with E-state index in [1.54, 1.807) is 0 Å². The van der Waals surface area contributed by atoms with Crippen molar-refractivity contribution < 1.29 is 9.53 Å². The van der Waals surface area contributed by atoms with E-state index in [-0.39, 0.29) is 5.91 Å². The maximum Gasteiger partial charge on any atom is 0.263 e. The van der Waals surface area contributed by atoms with Gasteiger partial charge < -0.3 is 9.64 Å². The molecule has 0 aromatic heterocycles. The molecule has 118 valence electrons. The number of rotatable bonds is 4. The molecule has 1 amide bonds. The van der Waals surface area contributed by atoms with Crippen molar-refractivity contribution in [2.24, 2.45) is 0 Å². The van der Waals surface area contributed by atoms with Crippen molar-refractivity contribution in [1.82, 2.24) is 4.90 Å². The number of para-hydroxylation sites is 1. The summed E-state index contributed by atoms with van der Waals surface area (Å²) >= 11 is 0. The van der Waals surface area contributed by atoms with Crippen LogP contribution in [0.3, 0.4) is 0 Å². The molecule has 23 heavy (non-hydrogen) atoms. The Kier molecular flexibility index (Phi) is 4.77. The first-order valence-electron chi connectivity index (χ1n) is 7.99. The predicted molar refractivity (Wildman–Crippen MR) is 92.1 cm³/mol. The fraction of sp³-hybridized carbons (Fsp3) is 0.250. The number of nitrogens with zero attached hydrogens (tertiary/aromatic N) is 1. The standard InChI is InChI=1S/C20H21NO2/c1-16(23-19-10-6-3-7-11-19)20(22)21-14-12-18(13-15-21)17-8-4-2-5-9-17/h2-12,16H,13-15H2,1H3. The first-order valence-corrected chi connectivity index (χ1v) is 7.99. The first kappa shape index (κ1) is 15.3. The summed E-state index contributed by atoms with van der Waals surface area (Å²) in [6, 6.07) is 19.8. The van der Waals surface area contributed by atoms with Crippen LogP contribution < -0.4 is 4.74 Å². The zero-order chi connectivity index (χ0) is 16.1. The zero-order valence-corrected chi connectivity index (χ0v) is 13.3. The van der Waals surface area contributed by atoms with Crippen molar-refractivity contribution >= 4 is 11.5 Å². The summed E-state index contributed by atoms with van der Waals surface area (Å²) in [7, 11) is 0. The van der Waals surface area contributed by atoms with Crippen molar-refractivity contribution in [3.8, 4) is 5.75 Å². The second-order valence-electron chi connectivity index (χ2n) is 5.70. The SMILES string of the molecule is CC(Oc1ccccc1)C(=O)N1CC=C(c2ccccc2)CC1. The van der Waals surface area contributed by atoms with E-state index in [4.69, 9.17) is 4.74 Å². The van der Waals surface area contributed by atoms with Gasteiger partial charge in [0.1, 0.15) is 5.75 Å². The number of carbonyl (C=O) groups is 1. The van der Waals surface area contributed by atoms with Crippen molar-refractivity contribution in [3.05, 3.63) is 72.3 Å². The number of ether oxygens (including phenoxy) is 1. The molecule has 3 rings (SSSR count). The van der Waals surface area contributed by atoms with E-state index in [0.717, 1.165) is 18.7 Å². The third-order valence-corrected chi connectivity index (χ3v) is 4.07. The highest BCUT2D eigenvalue weighted by molar-refractivity contribution is 5.82. The van der Waals surface area contributed by atoms with Crippen LogP contribution in [0.2, 0.25) is 0 Å². The number of amides is 1. The quantitative estimate of drug-likeness (QED) is 0.860. The molecule has 0 N–H and O–H groups in total. The van der Waals surface area contributed by atoms with Crippen LogP contribution in [0.5, 0.6) is 5.75 Å². The van der Waals surface area contributed by atoms with Gasteiger partial charge in [-0.3, -0.25) is 4.79 Å². The molecule has 0 saturated heterocycles. The minimum absolute atomic E-state index is 0.0391. The fourth-order valence-corrected chi connectivity index (χ4v) is 2.79. The van der Waals surface area contributed by atoms with E-state index in [0.29, 0.717) is 6.54 Å². The van der Waals surface area contributed by atoms with Gasteiger partial charge in [-0.15, -0.1) is 0 Å². The highest BCUT2D eigenvalue weighted by atomic mass is 16.5. The van der Waals surface area contributed by atoms with Gasteiger partial charge in [0.15, 0.2) is 6.10 Å². The summed E-state index contributed by atoms with van der Waals surface area (Å²) < 4.78 is 5.73. The topological polar surface area (TPSA) is 29.5 Å². The third kappa shape index (κ3) is 3.81. The highest BCUT2D eigenvalue weighted by Gasteiger charge is 2.23. The average Bonchev–Trinajstić information content (AvgIpc) is 2.63. The molecule has 0 radical (unpaired) electrons. The van der Waals surface area contributed by atoms with Gasteiger partial charge in [-0.1, -0.05) is 54.6 Å². The van der Waals surface area contributed by atoms with E-state index in [9.17, 15) is 4.79 Å². The minimum Gasteiger partial charge on any atom is -0.481 e. The predicted octanol–water partition coefficient (Wildman–Crippen LogP) is 3.77. The molecule has 1 atom stereocenters. The normalized spacial score (nSPS) is 15.7. The molecule has 2 aromatic carbocycles. The summed E-state index contributed by atoms with van der Waals surface area (Å²) in [6.07, 6.45) is 2.56. The summed E-state index contributed by atoms with van der Waals surface area (Å²) in [5, 5.41) is 0. The molecule has 0 spiro atoms. The molecule has 3 heteroatoms. The molecular formula is C20H21NO2. The molecule has 1 aliphatic heterocycles. The molecule has 0 fully saturated rings. The molecule has 0 bridgehead atoms. The van der Waals surface area contributed by atoms with E-state index in [1.165, 1.54) is 11.1 Å². The van der Waals surface area contributed by atoms with Crippen molar-refractivity contribution in [3.63, 3.8) is 0 Å². The van der Waals surface area contributed by atoms with Crippen LogP contribution in [0.15, 0.2) is 66.7 Å². The van der Waals surface area contributed by atoms with Crippen LogP contribution in [0, 0.1) is 0 Å². The second kappa shape index (κ2) is 7.14. The van der Waals surface area contributed by atoms with Gasteiger partial charge in [0, 0.05) is 13.1 Å². The van der Waals surface area contributed by atoms with Gasteiger partial charge in [-0.2, -0.15) is 0 Å². The Morgan fingerprint density at radius 2 is 1.70 bits per heavy atom. The van der Waals surface area contributed by atoms with Crippen LogP contribution in [0.1, 0.15) is 18.9 Å². The smallest absolute Gasteiger partial charge is 0.263 e. The maximum atomic E-state index is 12.5. The number of hydrogen-bond acceptors (Lipinski definition) is 2. The summed E-state index contributed by atoms with van der Waals surface area (Å²) in [6.45, 7) is 3.19. The van der Waals surface area contributed by atoms with E-state index < -0.39 is 6.10 Å². The molecule has 3 nitrogen and oxygen atoms in total. The fourth-order valence-electron chi connectivity index (χ4n) is 2.79. The van der Waals surface area contributed by atoms with Gasteiger partial charge >= 0.3 is 0 Å². The van der Waals surface area contributed by atoms with E-state index >= 15 is 0 Å². The first-order chi connectivity index (χ1) is 11.2. The third-order valence-electron chi connectivity index (χ3n) is 4.07. The average molecular weight is 307 g/mol. The zero-order valence-electron chi connectivity index (χ0n) is 13.3. The van der Waals surface area contributed by atoms with Crippen LogP contribution in [-0.2, 0) is 4.79 Å². The van der Waals surface area contributed by atoms with Crippen molar-refractivity contribution in [2.75, 3.05) is 13.1 Å². The number of hydrogen-bond donors (Lipinski definition) is 0. The van der Waals surface area contributed by atoms with Crippen molar-refractivity contribution in [2.45, 2.75) is 19.4 Å². The van der Waals surface area contributed by atoms with Crippen LogP contribution in [0.25, 0.3) is 5.57 Å². The molecule has 2 aromatic rings. The highest BCUT2D eigenvalue weighted by Crippen LogP contribution is 2.22. The maximum absolute atomic E-state index is 12.5. The summed E-state index contributed by atoms with van der Waals surface area (Å²) in [5.41, 5.74) is 2.56. The lowest BCUT2D eigenvalue weighted by molar-refractivity contribution is -0.137. The van der Waals surface area contributed by atoms with Crippen LogP contribution in [0.4, 0.5) is 0 Å². The second-order valence-corrected chi connectivity index (χ2v) is 5.70. The Hall–Kier alpha value is -2.55. The van der Waals surface area contributed by atoms with Gasteiger partial charge in [0.25, 0.3) is 5.91 Å². The van der Waals surface area contributed by atoms with Gasteiger partial charge in [0.05, 0.1) is 0 Å². The van der Waals surface area contributed by atoms with Crippen molar-refractivity contribution in [1.29, 1.82) is 0 Å². The lowest BCUT2D eigenvalue weighted by Crippen LogP contribution is -2.42. The summed E-state index contributed by atoms with van der Waals surface area (Å²) in [4.78, 5) is 14.4. The lowest BCUT2D eigenvalue weighted by atomic mass is 9.99. The van der Waals surface area contributed by atoms with Gasteiger partial charge in [0.2, 0.25) is 0 Å². The Morgan fingerprint density at radius 3 is 2.30 bits per heavy atom. The van der Waals surface area contributed by atoms with E-state index in [2.05, 4.69) is 18.2 Å². The molecule has 1 heterocycles. The summed E-state index contributed by atoms with van der Waals surface area (Å²) in [5.74, 6) is 0.767. The molecule has 1 aliphatic rings. The van der Waals surface area contributed by atoms with Crippen LogP contribution >= 0.6 is 0 Å². The van der Waals surface area contributed by atoms with Crippen LogP contribution in [-0.4, -0.2) is 30.0 Å². The lowest BCUT2D eigenvalue weighted by Gasteiger charge is -2.29. The molecule has 0 aliphatic carbocycles. The Labute approximate surface area is 137 Å². The Balaban J connectivity index is 1.60. The molecule has 1 unspecified atom stereocenters. The van der Waals surface area contributed by atoms with E-state index in [1.807, 2.05) is 60.4 Å². The minimum atomic E-state index is -0.468. The van der Waals surface area contributed by atoms with Gasteiger partial charge in [-0.05, 0) is 36.6 Å².